The summed E-state index contributed by atoms with van der Waals surface area (Å²) in [6, 6.07) is 8.57. The molecule has 0 unspecified atom stereocenters. The molecule has 3 rings (SSSR count). The number of carboxylic acids is 1. The Kier molecular flexibility index (Phi) is 3.19. The highest BCUT2D eigenvalue weighted by Gasteiger charge is 2.18. The van der Waals surface area contributed by atoms with Crippen LogP contribution in [-0.2, 0) is 0 Å². The van der Waals surface area contributed by atoms with E-state index in [0.29, 0.717) is 21.7 Å². The SMILES string of the molecule is O=C(O)c1nn(-c2cc(Cl)cc(Br)c2)c2ncccc12. The van der Waals surface area contributed by atoms with Gasteiger partial charge in [-0.3, -0.25) is 0 Å². The van der Waals surface area contributed by atoms with Crippen molar-refractivity contribution in [2.24, 2.45) is 0 Å². The van der Waals surface area contributed by atoms with Gasteiger partial charge in [-0.2, -0.15) is 5.10 Å². The van der Waals surface area contributed by atoms with Crippen LogP contribution in [0.5, 0.6) is 0 Å². The molecule has 0 bridgehead atoms. The lowest BCUT2D eigenvalue weighted by Gasteiger charge is -2.04. The lowest BCUT2D eigenvalue weighted by molar-refractivity contribution is 0.0692. The molecule has 3 aromatic rings. The quantitative estimate of drug-likeness (QED) is 0.766. The van der Waals surface area contributed by atoms with Crippen molar-refractivity contribution in [2.45, 2.75) is 0 Å². The van der Waals surface area contributed by atoms with Gasteiger partial charge in [0.25, 0.3) is 0 Å². The van der Waals surface area contributed by atoms with Crippen LogP contribution in [0.1, 0.15) is 10.5 Å². The third kappa shape index (κ3) is 2.17. The molecule has 1 aromatic carbocycles. The van der Waals surface area contributed by atoms with Gasteiger partial charge in [-0.25, -0.2) is 14.5 Å². The van der Waals surface area contributed by atoms with Gasteiger partial charge in [-0.05, 0) is 30.3 Å². The van der Waals surface area contributed by atoms with Gasteiger partial charge in [0.15, 0.2) is 11.3 Å². The van der Waals surface area contributed by atoms with Crippen molar-refractivity contribution in [1.29, 1.82) is 0 Å². The standard InChI is InChI=1S/C13H7BrClN3O2/c14-7-4-8(15)6-9(5-7)18-12-10(2-1-3-16-12)11(17-18)13(19)20/h1-6H,(H,19,20). The molecule has 2 heterocycles. The molecule has 1 N–H and O–H groups in total. The fourth-order valence-electron chi connectivity index (χ4n) is 1.95. The summed E-state index contributed by atoms with van der Waals surface area (Å²) in [5.74, 6) is -1.09. The van der Waals surface area contributed by atoms with Crippen molar-refractivity contribution in [2.75, 3.05) is 0 Å². The van der Waals surface area contributed by atoms with Crippen LogP contribution < -0.4 is 0 Å². The fourth-order valence-corrected chi connectivity index (χ4v) is 2.79. The number of pyridine rings is 1. The highest BCUT2D eigenvalue weighted by atomic mass is 79.9. The van der Waals surface area contributed by atoms with Crippen molar-refractivity contribution in [3.63, 3.8) is 0 Å². The Morgan fingerprint density at radius 1 is 1.35 bits per heavy atom. The van der Waals surface area contributed by atoms with Crippen LogP contribution in [0, 0.1) is 0 Å². The predicted molar refractivity (Wildman–Crippen MR) is 78.5 cm³/mol. The van der Waals surface area contributed by atoms with Crippen LogP contribution in [0.25, 0.3) is 16.7 Å². The Morgan fingerprint density at radius 2 is 2.15 bits per heavy atom. The highest BCUT2D eigenvalue weighted by Crippen LogP contribution is 2.25. The van der Waals surface area contributed by atoms with E-state index in [-0.39, 0.29) is 5.69 Å². The van der Waals surface area contributed by atoms with Crippen molar-refractivity contribution in [3.8, 4) is 5.69 Å². The Bertz CT molecular complexity index is 811. The Labute approximate surface area is 126 Å². The van der Waals surface area contributed by atoms with Crippen LogP contribution >= 0.6 is 27.5 Å². The van der Waals surface area contributed by atoms with Crippen molar-refractivity contribution in [3.05, 3.63) is 51.7 Å². The molecule has 0 spiro atoms. The normalized spacial score (nSPS) is 10.9. The monoisotopic (exact) mass is 351 g/mol. The summed E-state index contributed by atoms with van der Waals surface area (Å²) in [7, 11) is 0. The number of benzene rings is 1. The first-order valence-corrected chi connectivity index (χ1v) is 6.77. The van der Waals surface area contributed by atoms with Crippen LogP contribution in [0.2, 0.25) is 5.02 Å². The maximum Gasteiger partial charge on any atom is 0.357 e. The van der Waals surface area contributed by atoms with Crippen LogP contribution in [0.3, 0.4) is 0 Å². The van der Waals surface area contributed by atoms with E-state index in [1.54, 1.807) is 36.5 Å². The van der Waals surface area contributed by atoms with Crippen molar-refractivity contribution < 1.29 is 9.90 Å². The van der Waals surface area contributed by atoms with Gasteiger partial charge in [0.1, 0.15) is 0 Å². The van der Waals surface area contributed by atoms with E-state index in [4.69, 9.17) is 11.6 Å². The van der Waals surface area contributed by atoms with Gasteiger partial charge in [-0.15, -0.1) is 0 Å². The number of aromatic nitrogens is 3. The first kappa shape index (κ1) is 13.1. The summed E-state index contributed by atoms with van der Waals surface area (Å²) in [5.41, 5.74) is 1.07. The fraction of sp³-hybridized carbons (Fsp3) is 0. The molecule has 0 aliphatic heterocycles. The van der Waals surface area contributed by atoms with Gasteiger partial charge in [0, 0.05) is 15.7 Å². The first-order chi connectivity index (χ1) is 9.56. The number of hydrogen-bond acceptors (Lipinski definition) is 3. The summed E-state index contributed by atoms with van der Waals surface area (Å²) >= 11 is 9.36. The van der Waals surface area contributed by atoms with Gasteiger partial charge in [0.2, 0.25) is 0 Å². The molecule has 2 aromatic heterocycles. The number of fused-ring (bicyclic) bond motifs is 1. The lowest BCUT2D eigenvalue weighted by Crippen LogP contribution is -2.01. The zero-order chi connectivity index (χ0) is 14.3. The maximum atomic E-state index is 11.3. The van der Waals surface area contributed by atoms with Gasteiger partial charge in [0.05, 0.1) is 11.1 Å². The zero-order valence-corrected chi connectivity index (χ0v) is 12.3. The van der Waals surface area contributed by atoms with E-state index >= 15 is 0 Å². The topological polar surface area (TPSA) is 68.0 Å². The van der Waals surface area contributed by atoms with Crippen LogP contribution in [-0.4, -0.2) is 25.8 Å². The second-order valence-corrected chi connectivity index (χ2v) is 5.42. The van der Waals surface area contributed by atoms with Crippen LogP contribution in [0.15, 0.2) is 41.0 Å². The Balaban J connectivity index is 2.33. The smallest absolute Gasteiger partial charge is 0.357 e. The maximum absolute atomic E-state index is 11.3. The minimum atomic E-state index is -1.09. The van der Waals surface area contributed by atoms with Crippen molar-refractivity contribution >= 4 is 44.5 Å². The largest absolute Gasteiger partial charge is 0.476 e. The number of hydrogen-bond donors (Lipinski definition) is 1. The molecule has 20 heavy (non-hydrogen) atoms. The predicted octanol–water partition coefficient (Wildman–Crippen LogP) is 3.53. The number of aromatic carboxylic acids is 1. The summed E-state index contributed by atoms with van der Waals surface area (Å²) in [4.78, 5) is 15.5. The molecular weight excluding hydrogens is 346 g/mol. The summed E-state index contributed by atoms with van der Waals surface area (Å²) in [6.07, 6.45) is 1.59. The molecular formula is C13H7BrClN3O2. The second kappa shape index (κ2) is 4.88. The molecule has 0 radical (unpaired) electrons. The number of rotatable bonds is 2. The summed E-state index contributed by atoms with van der Waals surface area (Å²) in [6.45, 7) is 0. The average molecular weight is 353 g/mol. The molecule has 5 nitrogen and oxygen atoms in total. The summed E-state index contributed by atoms with van der Waals surface area (Å²) in [5, 5.41) is 14.3. The van der Waals surface area contributed by atoms with Gasteiger partial charge < -0.3 is 5.11 Å². The average Bonchev–Trinajstić information content (AvgIpc) is 2.77. The highest BCUT2D eigenvalue weighted by molar-refractivity contribution is 9.10. The summed E-state index contributed by atoms with van der Waals surface area (Å²) < 4.78 is 2.24. The molecule has 0 saturated carbocycles. The van der Waals surface area contributed by atoms with Crippen molar-refractivity contribution in [1.82, 2.24) is 14.8 Å². The van der Waals surface area contributed by atoms with E-state index < -0.39 is 5.97 Å². The minimum Gasteiger partial charge on any atom is -0.476 e. The molecule has 0 aliphatic carbocycles. The number of nitrogens with zero attached hydrogens (tertiary/aromatic N) is 3. The third-order valence-electron chi connectivity index (χ3n) is 2.74. The number of halogens is 2. The molecule has 100 valence electrons. The molecule has 7 heteroatoms. The Morgan fingerprint density at radius 3 is 2.85 bits per heavy atom. The lowest BCUT2D eigenvalue weighted by atomic mass is 10.2. The van der Waals surface area contributed by atoms with E-state index in [0.717, 1.165) is 4.47 Å². The zero-order valence-electron chi connectivity index (χ0n) is 9.92. The Hall–Kier alpha value is -1.92. The molecule has 0 amide bonds. The number of carbonyl (C=O) groups is 1. The molecule has 0 atom stereocenters. The van der Waals surface area contributed by atoms with E-state index in [9.17, 15) is 9.90 Å². The first-order valence-electron chi connectivity index (χ1n) is 5.60. The van der Waals surface area contributed by atoms with E-state index in [1.807, 2.05) is 0 Å². The van der Waals surface area contributed by atoms with E-state index in [2.05, 4.69) is 26.0 Å². The van der Waals surface area contributed by atoms with Crippen LogP contribution in [0.4, 0.5) is 0 Å². The third-order valence-corrected chi connectivity index (χ3v) is 3.41. The minimum absolute atomic E-state index is 0.0378. The van der Waals surface area contributed by atoms with Gasteiger partial charge >= 0.3 is 5.97 Å². The van der Waals surface area contributed by atoms with E-state index in [1.165, 1.54) is 4.68 Å². The number of carboxylic acid groups (broad SMARTS) is 1. The second-order valence-electron chi connectivity index (χ2n) is 4.07. The van der Waals surface area contributed by atoms with Gasteiger partial charge in [-0.1, -0.05) is 27.5 Å². The molecule has 0 aliphatic rings. The molecule has 0 fully saturated rings. The molecule has 0 saturated heterocycles.